The molecule has 1 saturated carbocycles. The summed E-state index contributed by atoms with van der Waals surface area (Å²) in [6, 6.07) is 7.79. The zero-order valence-electron chi connectivity index (χ0n) is 12.1. The Hall–Kier alpha value is -2.24. The van der Waals surface area contributed by atoms with Gasteiger partial charge in [-0.25, -0.2) is 4.68 Å². The highest BCUT2D eigenvalue weighted by Crippen LogP contribution is 2.20. The number of amides is 1. The molecule has 0 radical (unpaired) electrons. The molecule has 1 amide bonds. The Kier molecular flexibility index (Phi) is 3.94. The SMILES string of the molecule is CCn1nnnc1-c1cccc(C(=O)NC2CCCC2)c1. The summed E-state index contributed by atoms with van der Waals surface area (Å²) in [6.45, 7) is 2.68. The molecule has 0 aliphatic heterocycles. The maximum Gasteiger partial charge on any atom is 0.251 e. The van der Waals surface area contributed by atoms with E-state index in [1.165, 1.54) is 12.8 Å². The summed E-state index contributed by atoms with van der Waals surface area (Å²) in [5.41, 5.74) is 1.52. The fraction of sp³-hybridized carbons (Fsp3) is 0.467. The number of carbonyl (C=O) groups is 1. The predicted molar refractivity (Wildman–Crippen MR) is 78.6 cm³/mol. The number of hydrogen-bond donors (Lipinski definition) is 1. The van der Waals surface area contributed by atoms with Crippen molar-refractivity contribution >= 4 is 5.91 Å². The standard InChI is InChI=1S/C15H19N5O/c1-2-20-14(17-18-19-20)11-6-5-7-12(10-11)15(21)16-13-8-3-4-9-13/h5-7,10,13H,2-4,8-9H2,1H3,(H,16,21). The summed E-state index contributed by atoms with van der Waals surface area (Å²) in [5.74, 6) is 0.673. The van der Waals surface area contributed by atoms with E-state index >= 15 is 0 Å². The maximum atomic E-state index is 12.3. The lowest BCUT2D eigenvalue weighted by Gasteiger charge is -2.12. The van der Waals surface area contributed by atoms with E-state index in [4.69, 9.17) is 0 Å². The first-order valence-electron chi connectivity index (χ1n) is 7.45. The van der Waals surface area contributed by atoms with Crippen LogP contribution in [-0.4, -0.2) is 32.2 Å². The van der Waals surface area contributed by atoms with Crippen LogP contribution >= 0.6 is 0 Å². The molecule has 0 saturated heterocycles. The molecule has 6 heteroatoms. The van der Waals surface area contributed by atoms with Crippen LogP contribution in [0, 0.1) is 0 Å². The van der Waals surface area contributed by atoms with E-state index in [0.29, 0.717) is 24.0 Å². The van der Waals surface area contributed by atoms with Gasteiger partial charge in [-0.15, -0.1) is 5.10 Å². The van der Waals surface area contributed by atoms with Crippen LogP contribution in [-0.2, 0) is 6.54 Å². The molecule has 1 heterocycles. The molecule has 1 aromatic heterocycles. The maximum absolute atomic E-state index is 12.3. The zero-order valence-corrected chi connectivity index (χ0v) is 12.1. The van der Waals surface area contributed by atoms with Crippen LogP contribution in [0.2, 0.25) is 0 Å². The third-order valence-electron chi connectivity index (χ3n) is 3.90. The van der Waals surface area contributed by atoms with Gasteiger partial charge in [0.25, 0.3) is 5.91 Å². The van der Waals surface area contributed by atoms with E-state index in [2.05, 4.69) is 20.8 Å². The third-order valence-corrected chi connectivity index (χ3v) is 3.90. The molecule has 1 aliphatic carbocycles. The number of hydrogen-bond acceptors (Lipinski definition) is 4. The number of aryl methyl sites for hydroxylation is 1. The van der Waals surface area contributed by atoms with E-state index in [1.54, 1.807) is 4.68 Å². The van der Waals surface area contributed by atoms with Gasteiger partial charge in [0.1, 0.15) is 0 Å². The highest BCUT2D eigenvalue weighted by Gasteiger charge is 2.18. The van der Waals surface area contributed by atoms with Crippen molar-refractivity contribution in [2.75, 3.05) is 0 Å². The van der Waals surface area contributed by atoms with Crippen molar-refractivity contribution in [2.45, 2.75) is 45.2 Å². The average molecular weight is 285 g/mol. The van der Waals surface area contributed by atoms with Crippen LogP contribution in [0.1, 0.15) is 43.0 Å². The van der Waals surface area contributed by atoms with Crippen molar-refractivity contribution < 1.29 is 4.79 Å². The first-order valence-corrected chi connectivity index (χ1v) is 7.45. The fourth-order valence-corrected chi connectivity index (χ4v) is 2.76. The third kappa shape index (κ3) is 2.94. The van der Waals surface area contributed by atoms with Crippen molar-refractivity contribution in [3.8, 4) is 11.4 Å². The van der Waals surface area contributed by atoms with E-state index < -0.39 is 0 Å². The van der Waals surface area contributed by atoms with Crippen LogP contribution in [0.3, 0.4) is 0 Å². The monoisotopic (exact) mass is 285 g/mol. The van der Waals surface area contributed by atoms with Crippen molar-refractivity contribution in [3.63, 3.8) is 0 Å². The normalized spacial score (nSPS) is 15.3. The number of tetrazole rings is 1. The quantitative estimate of drug-likeness (QED) is 0.933. The first kappa shape index (κ1) is 13.7. The van der Waals surface area contributed by atoms with Crippen molar-refractivity contribution in [1.82, 2.24) is 25.5 Å². The van der Waals surface area contributed by atoms with Crippen LogP contribution in [0.4, 0.5) is 0 Å². The van der Waals surface area contributed by atoms with Gasteiger partial charge in [0.05, 0.1) is 0 Å². The highest BCUT2D eigenvalue weighted by atomic mass is 16.1. The molecule has 0 atom stereocenters. The molecule has 0 spiro atoms. The number of aromatic nitrogens is 4. The van der Waals surface area contributed by atoms with Crippen LogP contribution < -0.4 is 5.32 Å². The number of benzene rings is 1. The molecular formula is C15H19N5O. The predicted octanol–water partition coefficient (Wildman–Crippen LogP) is 2.03. The van der Waals surface area contributed by atoms with Gasteiger partial charge < -0.3 is 5.32 Å². The Morgan fingerprint density at radius 2 is 2.19 bits per heavy atom. The van der Waals surface area contributed by atoms with Gasteiger partial charge in [0, 0.05) is 23.7 Å². The minimum Gasteiger partial charge on any atom is -0.349 e. The Morgan fingerprint density at radius 3 is 2.95 bits per heavy atom. The number of nitrogens with zero attached hydrogens (tertiary/aromatic N) is 4. The summed E-state index contributed by atoms with van der Waals surface area (Å²) < 4.78 is 1.72. The molecule has 1 aliphatic rings. The molecule has 2 aromatic rings. The molecule has 1 fully saturated rings. The molecule has 0 unspecified atom stereocenters. The van der Waals surface area contributed by atoms with Crippen LogP contribution in [0.25, 0.3) is 11.4 Å². The second-order valence-corrected chi connectivity index (χ2v) is 5.35. The number of rotatable bonds is 4. The van der Waals surface area contributed by atoms with Crippen molar-refractivity contribution in [3.05, 3.63) is 29.8 Å². The molecule has 1 aromatic carbocycles. The van der Waals surface area contributed by atoms with Gasteiger partial charge in [-0.05, 0) is 42.3 Å². The molecule has 3 rings (SSSR count). The second kappa shape index (κ2) is 6.03. The summed E-state index contributed by atoms with van der Waals surface area (Å²) >= 11 is 0. The molecular weight excluding hydrogens is 266 g/mol. The Balaban J connectivity index is 1.81. The van der Waals surface area contributed by atoms with Crippen molar-refractivity contribution in [1.29, 1.82) is 0 Å². The minimum absolute atomic E-state index is 0.0146. The second-order valence-electron chi connectivity index (χ2n) is 5.35. The van der Waals surface area contributed by atoms with Crippen molar-refractivity contribution in [2.24, 2.45) is 0 Å². The smallest absolute Gasteiger partial charge is 0.251 e. The summed E-state index contributed by atoms with van der Waals surface area (Å²) in [5, 5.41) is 14.7. The minimum atomic E-state index is -0.0146. The lowest BCUT2D eigenvalue weighted by Crippen LogP contribution is -2.32. The van der Waals surface area contributed by atoms with Gasteiger partial charge in [-0.3, -0.25) is 4.79 Å². The largest absolute Gasteiger partial charge is 0.349 e. The van der Waals surface area contributed by atoms with E-state index in [1.807, 2.05) is 31.2 Å². The van der Waals surface area contributed by atoms with Gasteiger partial charge >= 0.3 is 0 Å². The number of carbonyl (C=O) groups excluding carboxylic acids is 1. The summed E-state index contributed by atoms with van der Waals surface area (Å²) in [7, 11) is 0. The molecule has 110 valence electrons. The molecule has 6 nitrogen and oxygen atoms in total. The van der Waals surface area contributed by atoms with Gasteiger partial charge in [0.15, 0.2) is 5.82 Å². The highest BCUT2D eigenvalue weighted by molar-refractivity contribution is 5.95. The summed E-state index contributed by atoms with van der Waals surface area (Å²) in [4.78, 5) is 12.3. The lowest BCUT2D eigenvalue weighted by atomic mass is 10.1. The van der Waals surface area contributed by atoms with E-state index in [0.717, 1.165) is 18.4 Å². The number of nitrogens with one attached hydrogen (secondary N) is 1. The Bertz CT molecular complexity index is 630. The van der Waals surface area contributed by atoms with E-state index in [9.17, 15) is 4.79 Å². The fourth-order valence-electron chi connectivity index (χ4n) is 2.76. The summed E-state index contributed by atoms with van der Waals surface area (Å²) in [6.07, 6.45) is 4.57. The Labute approximate surface area is 123 Å². The van der Waals surface area contributed by atoms with Crippen LogP contribution in [0.5, 0.6) is 0 Å². The zero-order chi connectivity index (χ0) is 14.7. The topological polar surface area (TPSA) is 72.7 Å². The molecule has 21 heavy (non-hydrogen) atoms. The van der Waals surface area contributed by atoms with E-state index in [-0.39, 0.29) is 5.91 Å². The Morgan fingerprint density at radius 1 is 1.38 bits per heavy atom. The first-order chi connectivity index (χ1) is 10.3. The average Bonchev–Trinajstić information content (AvgIpc) is 3.18. The van der Waals surface area contributed by atoms with Gasteiger partial charge in [-0.1, -0.05) is 25.0 Å². The van der Waals surface area contributed by atoms with Gasteiger partial charge in [0.2, 0.25) is 0 Å². The molecule has 1 N–H and O–H groups in total. The molecule has 0 bridgehead atoms. The van der Waals surface area contributed by atoms with Gasteiger partial charge in [-0.2, -0.15) is 0 Å². The lowest BCUT2D eigenvalue weighted by molar-refractivity contribution is 0.0938. The van der Waals surface area contributed by atoms with Crippen LogP contribution in [0.15, 0.2) is 24.3 Å².